The summed E-state index contributed by atoms with van der Waals surface area (Å²) in [6, 6.07) is 6.25. The molecule has 0 aliphatic carbocycles. The van der Waals surface area contributed by atoms with Gasteiger partial charge in [0, 0.05) is 32.8 Å². The number of amides is 1. The van der Waals surface area contributed by atoms with Gasteiger partial charge in [0.15, 0.2) is 0 Å². The number of carbonyl (C=O) groups excluding carboxylic acids is 1. The van der Waals surface area contributed by atoms with Crippen molar-refractivity contribution in [3.8, 4) is 0 Å². The Bertz CT molecular complexity index is 546. The summed E-state index contributed by atoms with van der Waals surface area (Å²) in [4.78, 5) is 21.5. The molecule has 2 saturated heterocycles. The van der Waals surface area contributed by atoms with Crippen LogP contribution in [0.2, 0.25) is 0 Å². The third kappa shape index (κ3) is 4.32. The third-order valence-electron chi connectivity index (χ3n) is 4.66. The van der Waals surface area contributed by atoms with Gasteiger partial charge in [-0.05, 0) is 31.9 Å². The minimum absolute atomic E-state index is 0.0692. The number of carbonyl (C=O) groups is 1. The van der Waals surface area contributed by atoms with Crippen LogP contribution < -0.4 is 0 Å². The van der Waals surface area contributed by atoms with E-state index in [1.165, 1.54) is 0 Å². The molecule has 0 radical (unpaired) electrons. The third-order valence-corrected chi connectivity index (χ3v) is 4.66. The van der Waals surface area contributed by atoms with Crippen LogP contribution in [0.25, 0.3) is 0 Å². The first-order valence-corrected chi connectivity index (χ1v) is 8.91. The second-order valence-corrected chi connectivity index (χ2v) is 6.32. The predicted molar refractivity (Wildman–Crippen MR) is 90.5 cm³/mol. The van der Waals surface area contributed by atoms with Crippen molar-refractivity contribution >= 4 is 5.91 Å². The monoisotopic (exact) mass is 333 g/mol. The standard InChI is InChI=1S/C18H27N3O3/c1-2-23-14-18(22)21-8-4-7-17(21)16-6-3-5-15(19-16)13-20-9-11-24-12-10-20/h3,5-6,17H,2,4,7-14H2,1H3/t17-/m0/s1. The number of likely N-dealkylation sites (tertiary alicyclic amines) is 1. The van der Waals surface area contributed by atoms with E-state index in [-0.39, 0.29) is 18.6 Å². The molecule has 3 heterocycles. The van der Waals surface area contributed by atoms with Gasteiger partial charge >= 0.3 is 0 Å². The molecule has 132 valence electrons. The Morgan fingerprint density at radius 2 is 2.17 bits per heavy atom. The van der Waals surface area contributed by atoms with Gasteiger partial charge in [0.2, 0.25) is 5.91 Å². The Balaban J connectivity index is 1.66. The van der Waals surface area contributed by atoms with Crippen molar-refractivity contribution in [2.75, 3.05) is 46.1 Å². The lowest BCUT2D eigenvalue weighted by atomic mass is 10.1. The van der Waals surface area contributed by atoms with Gasteiger partial charge in [0.1, 0.15) is 6.61 Å². The van der Waals surface area contributed by atoms with Crippen LogP contribution >= 0.6 is 0 Å². The molecule has 1 atom stereocenters. The highest BCUT2D eigenvalue weighted by atomic mass is 16.5. The van der Waals surface area contributed by atoms with Gasteiger partial charge in [-0.2, -0.15) is 0 Å². The second-order valence-electron chi connectivity index (χ2n) is 6.32. The topological polar surface area (TPSA) is 54.9 Å². The summed E-state index contributed by atoms with van der Waals surface area (Å²) in [6.07, 6.45) is 2.00. The molecule has 0 bridgehead atoms. The van der Waals surface area contributed by atoms with Crippen molar-refractivity contribution in [2.45, 2.75) is 32.4 Å². The number of hydrogen-bond donors (Lipinski definition) is 0. The van der Waals surface area contributed by atoms with Crippen molar-refractivity contribution in [1.82, 2.24) is 14.8 Å². The maximum absolute atomic E-state index is 12.3. The molecule has 0 saturated carbocycles. The highest BCUT2D eigenvalue weighted by Crippen LogP contribution is 2.31. The van der Waals surface area contributed by atoms with Crippen molar-refractivity contribution in [3.05, 3.63) is 29.6 Å². The minimum atomic E-state index is 0.0692. The summed E-state index contributed by atoms with van der Waals surface area (Å²) in [7, 11) is 0. The normalized spacial score (nSPS) is 22.0. The molecular formula is C18H27N3O3. The largest absolute Gasteiger partial charge is 0.379 e. The van der Waals surface area contributed by atoms with E-state index in [0.717, 1.165) is 63.6 Å². The molecule has 0 N–H and O–H groups in total. The highest BCUT2D eigenvalue weighted by molar-refractivity contribution is 5.78. The van der Waals surface area contributed by atoms with Gasteiger partial charge < -0.3 is 14.4 Å². The van der Waals surface area contributed by atoms with Crippen LogP contribution in [0.1, 0.15) is 37.2 Å². The fourth-order valence-electron chi connectivity index (χ4n) is 3.41. The van der Waals surface area contributed by atoms with Gasteiger partial charge in [-0.25, -0.2) is 0 Å². The molecule has 0 spiro atoms. The fourth-order valence-corrected chi connectivity index (χ4v) is 3.41. The van der Waals surface area contributed by atoms with Gasteiger partial charge in [-0.1, -0.05) is 6.07 Å². The summed E-state index contributed by atoms with van der Waals surface area (Å²) in [5.74, 6) is 0.0692. The molecule has 2 aliphatic rings. The van der Waals surface area contributed by atoms with E-state index in [4.69, 9.17) is 14.5 Å². The van der Waals surface area contributed by atoms with E-state index in [1.807, 2.05) is 17.9 Å². The van der Waals surface area contributed by atoms with E-state index >= 15 is 0 Å². The average Bonchev–Trinajstić information content (AvgIpc) is 3.11. The summed E-state index contributed by atoms with van der Waals surface area (Å²) < 4.78 is 10.7. The Labute approximate surface area is 143 Å². The number of ether oxygens (including phenoxy) is 2. The molecule has 1 amide bonds. The van der Waals surface area contributed by atoms with Crippen LogP contribution in [0.3, 0.4) is 0 Å². The van der Waals surface area contributed by atoms with E-state index < -0.39 is 0 Å². The molecule has 2 fully saturated rings. The Morgan fingerprint density at radius 1 is 1.33 bits per heavy atom. The quantitative estimate of drug-likeness (QED) is 0.792. The summed E-state index contributed by atoms with van der Waals surface area (Å²) in [5.41, 5.74) is 2.07. The number of rotatable bonds is 6. The molecule has 0 unspecified atom stereocenters. The average molecular weight is 333 g/mol. The predicted octanol–water partition coefficient (Wildman–Crippen LogP) is 1.61. The Morgan fingerprint density at radius 3 is 2.96 bits per heavy atom. The van der Waals surface area contributed by atoms with Crippen molar-refractivity contribution in [3.63, 3.8) is 0 Å². The van der Waals surface area contributed by atoms with Crippen LogP contribution in [-0.2, 0) is 20.8 Å². The lowest BCUT2D eigenvalue weighted by Gasteiger charge is -2.27. The number of nitrogens with zero attached hydrogens (tertiary/aromatic N) is 3. The van der Waals surface area contributed by atoms with Gasteiger partial charge in [0.25, 0.3) is 0 Å². The van der Waals surface area contributed by atoms with Crippen molar-refractivity contribution in [1.29, 1.82) is 0 Å². The number of hydrogen-bond acceptors (Lipinski definition) is 5. The SMILES string of the molecule is CCOCC(=O)N1CCC[C@H]1c1cccc(CN2CCOCC2)n1. The molecule has 1 aromatic rings. The lowest BCUT2D eigenvalue weighted by Crippen LogP contribution is -2.36. The zero-order valence-corrected chi connectivity index (χ0v) is 14.4. The molecular weight excluding hydrogens is 306 g/mol. The van der Waals surface area contributed by atoms with E-state index in [2.05, 4.69) is 17.0 Å². The van der Waals surface area contributed by atoms with Crippen molar-refractivity contribution < 1.29 is 14.3 Å². The van der Waals surface area contributed by atoms with Crippen LogP contribution in [0, 0.1) is 0 Å². The van der Waals surface area contributed by atoms with E-state index in [0.29, 0.717) is 6.61 Å². The summed E-state index contributed by atoms with van der Waals surface area (Å²) >= 11 is 0. The highest BCUT2D eigenvalue weighted by Gasteiger charge is 2.30. The molecule has 24 heavy (non-hydrogen) atoms. The fraction of sp³-hybridized carbons (Fsp3) is 0.667. The molecule has 6 heteroatoms. The van der Waals surface area contributed by atoms with Crippen LogP contribution in [0.5, 0.6) is 0 Å². The maximum atomic E-state index is 12.3. The number of morpholine rings is 1. The van der Waals surface area contributed by atoms with Crippen LogP contribution in [-0.4, -0.2) is 66.8 Å². The smallest absolute Gasteiger partial charge is 0.249 e. The van der Waals surface area contributed by atoms with Gasteiger partial charge in [0.05, 0.1) is 30.6 Å². The second kappa shape index (κ2) is 8.55. The van der Waals surface area contributed by atoms with Gasteiger partial charge in [-0.3, -0.25) is 14.7 Å². The Hall–Kier alpha value is -1.50. The first kappa shape index (κ1) is 17.3. The molecule has 3 rings (SSSR count). The molecule has 0 aromatic carbocycles. The molecule has 1 aromatic heterocycles. The van der Waals surface area contributed by atoms with Crippen LogP contribution in [0.4, 0.5) is 0 Å². The molecule has 6 nitrogen and oxygen atoms in total. The summed E-state index contributed by atoms with van der Waals surface area (Å²) in [6.45, 7) is 7.78. The van der Waals surface area contributed by atoms with Crippen LogP contribution in [0.15, 0.2) is 18.2 Å². The Kier molecular flexibility index (Phi) is 6.18. The zero-order chi connectivity index (χ0) is 16.8. The summed E-state index contributed by atoms with van der Waals surface area (Å²) in [5, 5.41) is 0. The van der Waals surface area contributed by atoms with Crippen molar-refractivity contribution in [2.24, 2.45) is 0 Å². The van der Waals surface area contributed by atoms with E-state index in [9.17, 15) is 4.79 Å². The number of pyridine rings is 1. The zero-order valence-electron chi connectivity index (χ0n) is 14.4. The van der Waals surface area contributed by atoms with Gasteiger partial charge in [-0.15, -0.1) is 0 Å². The van der Waals surface area contributed by atoms with E-state index in [1.54, 1.807) is 0 Å². The first-order valence-electron chi connectivity index (χ1n) is 8.91. The molecule has 2 aliphatic heterocycles. The minimum Gasteiger partial charge on any atom is -0.379 e. The maximum Gasteiger partial charge on any atom is 0.249 e. The number of aromatic nitrogens is 1. The lowest BCUT2D eigenvalue weighted by molar-refractivity contribution is -0.137. The first-order chi connectivity index (χ1) is 11.8.